The Labute approximate surface area is 125 Å². The molecule has 0 spiro atoms. The number of nitrogen functional groups attached to an aromatic ring is 1. The topological polar surface area (TPSA) is 98.3 Å². The molecule has 6 nitrogen and oxygen atoms in total. The summed E-state index contributed by atoms with van der Waals surface area (Å²) in [5, 5.41) is 13.8. The maximum atomic E-state index is 12.2. The fourth-order valence-corrected chi connectivity index (χ4v) is 2.09. The van der Waals surface area contributed by atoms with Gasteiger partial charge in [0.1, 0.15) is 0 Å². The van der Waals surface area contributed by atoms with Crippen LogP contribution in [0.1, 0.15) is 15.9 Å². The predicted molar refractivity (Wildman–Crippen MR) is 81.7 cm³/mol. The Balaban J connectivity index is 2.37. The second-order valence-electron chi connectivity index (χ2n) is 4.41. The van der Waals surface area contributed by atoms with E-state index < -0.39 is 10.8 Å². The van der Waals surface area contributed by atoms with Crippen LogP contribution in [-0.2, 0) is 0 Å². The van der Waals surface area contributed by atoms with Crippen molar-refractivity contribution in [3.05, 3.63) is 62.7 Å². The van der Waals surface area contributed by atoms with Gasteiger partial charge in [-0.05, 0) is 24.6 Å². The number of amides is 1. The number of halogens is 1. The first-order valence-electron chi connectivity index (χ1n) is 6.00. The van der Waals surface area contributed by atoms with E-state index in [1.54, 1.807) is 25.1 Å². The van der Waals surface area contributed by atoms with Gasteiger partial charge in [-0.2, -0.15) is 0 Å². The lowest BCUT2D eigenvalue weighted by Gasteiger charge is -2.11. The number of benzene rings is 2. The molecule has 108 valence electrons. The summed E-state index contributed by atoms with van der Waals surface area (Å²) in [6, 6.07) is 8.89. The summed E-state index contributed by atoms with van der Waals surface area (Å²) in [6.45, 7) is 1.79. The minimum absolute atomic E-state index is 0.0310. The van der Waals surface area contributed by atoms with Gasteiger partial charge in [0.25, 0.3) is 11.6 Å². The first kappa shape index (κ1) is 14.8. The van der Waals surface area contributed by atoms with Gasteiger partial charge in [0.15, 0.2) is 0 Å². The van der Waals surface area contributed by atoms with Gasteiger partial charge in [0.2, 0.25) is 0 Å². The third-order valence-corrected chi connectivity index (χ3v) is 3.27. The average Bonchev–Trinajstić information content (AvgIpc) is 2.43. The smallest absolute Gasteiger partial charge is 0.270 e. The number of nitrogens with one attached hydrogen (secondary N) is 1. The number of rotatable bonds is 3. The summed E-state index contributed by atoms with van der Waals surface area (Å²) in [5.74, 6) is -0.549. The lowest BCUT2D eigenvalue weighted by atomic mass is 10.1. The van der Waals surface area contributed by atoms with Crippen LogP contribution in [0.15, 0.2) is 36.4 Å². The zero-order valence-corrected chi connectivity index (χ0v) is 11.8. The number of hydrogen-bond acceptors (Lipinski definition) is 4. The van der Waals surface area contributed by atoms with Crippen LogP contribution in [0.25, 0.3) is 0 Å². The Morgan fingerprint density at radius 2 is 2.05 bits per heavy atom. The standard InChI is InChI=1S/C14H12ClN3O3/c1-8-3-2-4-11(15)13(8)17-14(19)10-7-9(18(20)21)5-6-12(10)16/h2-7H,16H2,1H3,(H,17,19). The fraction of sp³-hybridized carbons (Fsp3) is 0.0714. The van der Waals surface area contributed by atoms with Crippen molar-refractivity contribution >= 4 is 34.6 Å². The molecule has 7 heteroatoms. The molecule has 21 heavy (non-hydrogen) atoms. The Morgan fingerprint density at radius 1 is 1.33 bits per heavy atom. The average molecular weight is 306 g/mol. The fourth-order valence-electron chi connectivity index (χ4n) is 1.83. The third kappa shape index (κ3) is 3.11. The second-order valence-corrected chi connectivity index (χ2v) is 4.82. The van der Waals surface area contributed by atoms with Crippen molar-refractivity contribution < 1.29 is 9.72 Å². The van der Waals surface area contributed by atoms with Crippen molar-refractivity contribution in [2.45, 2.75) is 6.92 Å². The number of para-hydroxylation sites is 1. The molecule has 0 aliphatic rings. The number of nitrogens with zero attached hydrogens (tertiary/aromatic N) is 1. The lowest BCUT2D eigenvalue weighted by Crippen LogP contribution is -2.15. The van der Waals surface area contributed by atoms with Gasteiger partial charge in [-0.1, -0.05) is 23.7 Å². The number of hydrogen-bond donors (Lipinski definition) is 2. The number of nitro benzene ring substituents is 1. The van der Waals surface area contributed by atoms with Crippen LogP contribution in [-0.4, -0.2) is 10.8 Å². The van der Waals surface area contributed by atoms with E-state index in [9.17, 15) is 14.9 Å². The summed E-state index contributed by atoms with van der Waals surface area (Å²) >= 11 is 6.03. The minimum atomic E-state index is -0.586. The molecule has 0 heterocycles. The van der Waals surface area contributed by atoms with Crippen LogP contribution in [0.4, 0.5) is 17.1 Å². The van der Waals surface area contributed by atoms with Gasteiger partial charge in [-0.15, -0.1) is 0 Å². The largest absolute Gasteiger partial charge is 0.398 e. The highest BCUT2D eigenvalue weighted by molar-refractivity contribution is 6.34. The number of carbonyl (C=O) groups is 1. The van der Waals surface area contributed by atoms with Crippen LogP contribution >= 0.6 is 11.6 Å². The van der Waals surface area contributed by atoms with Crippen molar-refractivity contribution in [3.63, 3.8) is 0 Å². The maximum Gasteiger partial charge on any atom is 0.270 e. The molecule has 2 aromatic carbocycles. The van der Waals surface area contributed by atoms with Crippen LogP contribution < -0.4 is 11.1 Å². The van der Waals surface area contributed by atoms with Gasteiger partial charge in [0.05, 0.1) is 21.2 Å². The van der Waals surface area contributed by atoms with Crippen molar-refractivity contribution in [2.75, 3.05) is 11.1 Å². The number of aryl methyl sites for hydroxylation is 1. The molecule has 0 unspecified atom stereocenters. The maximum absolute atomic E-state index is 12.2. The van der Waals surface area contributed by atoms with Crippen LogP contribution in [0, 0.1) is 17.0 Å². The molecule has 0 atom stereocenters. The molecule has 0 aliphatic carbocycles. The number of nitro groups is 1. The van der Waals surface area contributed by atoms with Gasteiger partial charge in [-0.3, -0.25) is 14.9 Å². The first-order valence-corrected chi connectivity index (χ1v) is 6.38. The predicted octanol–water partition coefficient (Wildman–Crippen LogP) is 3.39. The van der Waals surface area contributed by atoms with Crippen LogP contribution in [0.3, 0.4) is 0 Å². The van der Waals surface area contributed by atoms with Gasteiger partial charge in [0, 0.05) is 17.8 Å². The Bertz CT molecular complexity index is 711. The van der Waals surface area contributed by atoms with E-state index in [1.165, 1.54) is 12.1 Å². The molecule has 0 aromatic heterocycles. The highest BCUT2D eigenvalue weighted by Gasteiger charge is 2.17. The summed E-state index contributed by atoms with van der Waals surface area (Å²) in [7, 11) is 0. The van der Waals surface area contributed by atoms with E-state index in [0.717, 1.165) is 11.6 Å². The minimum Gasteiger partial charge on any atom is -0.398 e. The molecule has 0 aliphatic heterocycles. The molecule has 0 saturated heterocycles. The molecule has 2 rings (SSSR count). The Hall–Kier alpha value is -2.60. The summed E-state index contributed by atoms with van der Waals surface area (Å²) in [6.07, 6.45) is 0. The number of anilines is 2. The van der Waals surface area contributed by atoms with Crippen molar-refractivity contribution in [2.24, 2.45) is 0 Å². The van der Waals surface area contributed by atoms with Gasteiger partial charge in [-0.25, -0.2) is 0 Å². The van der Waals surface area contributed by atoms with E-state index >= 15 is 0 Å². The zero-order chi connectivity index (χ0) is 15.6. The summed E-state index contributed by atoms with van der Waals surface area (Å²) in [4.78, 5) is 22.4. The van der Waals surface area contributed by atoms with Crippen molar-refractivity contribution in [1.29, 1.82) is 0 Å². The molecular formula is C14H12ClN3O3. The van der Waals surface area contributed by atoms with E-state index in [0.29, 0.717) is 10.7 Å². The lowest BCUT2D eigenvalue weighted by molar-refractivity contribution is -0.384. The quantitative estimate of drug-likeness (QED) is 0.516. The Morgan fingerprint density at radius 3 is 2.67 bits per heavy atom. The summed E-state index contributed by atoms with van der Waals surface area (Å²) in [5.41, 5.74) is 6.92. The molecular weight excluding hydrogens is 294 g/mol. The zero-order valence-electron chi connectivity index (χ0n) is 11.1. The Kier molecular flexibility index (Phi) is 4.09. The van der Waals surface area contributed by atoms with Crippen LogP contribution in [0.2, 0.25) is 5.02 Å². The first-order chi connectivity index (χ1) is 9.90. The van der Waals surface area contributed by atoms with Crippen molar-refractivity contribution in [3.8, 4) is 0 Å². The highest BCUT2D eigenvalue weighted by Crippen LogP contribution is 2.27. The SMILES string of the molecule is Cc1cccc(Cl)c1NC(=O)c1cc([N+](=O)[O-])ccc1N. The van der Waals surface area contributed by atoms with Gasteiger partial charge < -0.3 is 11.1 Å². The van der Waals surface area contributed by atoms with E-state index in [1.807, 2.05) is 0 Å². The molecule has 2 aromatic rings. The number of carbonyl (C=O) groups excluding carboxylic acids is 1. The normalized spacial score (nSPS) is 10.2. The highest BCUT2D eigenvalue weighted by atomic mass is 35.5. The van der Waals surface area contributed by atoms with Gasteiger partial charge >= 0.3 is 0 Å². The van der Waals surface area contributed by atoms with E-state index in [4.69, 9.17) is 17.3 Å². The van der Waals surface area contributed by atoms with E-state index in [2.05, 4.69) is 5.32 Å². The summed E-state index contributed by atoms with van der Waals surface area (Å²) < 4.78 is 0. The molecule has 1 amide bonds. The van der Waals surface area contributed by atoms with E-state index in [-0.39, 0.29) is 16.9 Å². The third-order valence-electron chi connectivity index (χ3n) is 2.95. The molecule has 0 radical (unpaired) electrons. The second kappa shape index (κ2) is 5.80. The van der Waals surface area contributed by atoms with Crippen LogP contribution in [0.5, 0.6) is 0 Å². The molecule has 3 N–H and O–H groups in total. The number of non-ortho nitro benzene ring substituents is 1. The van der Waals surface area contributed by atoms with Crippen molar-refractivity contribution in [1.82, 2.24) is 0 Å². The molecule has 0 fully saturated rings. The monoisotopic (exact) mass is 305 g/mol. The molecule has 0 saturated carbocycles. The molecule has 0 bridgehead atoms. The number of nitrogens with two attached hydrogens (primary N) is 1.